The predicted molar refractivity (Wildman–Crippen MR) is 65.6 cm³/mol. The number of thioether (sulfide) groups is 1. The fourth-order valence-corrected chi connectivity index (χ4v) is 3.31. The van der Waals surface area contributed by atoms with Gasteiger partial charge in [-0.05, 0) is 6.42 Å². The molecule has 2 heterocycles. The van der Waals surface area contributed by atoms with Crippen molar-refractivity contribution in [2.45, 2.75) is 24.7 Å². The van der Waals surface area contributed by atoms with E-state index in [9.17, 15) is 0 Å². The highest BCUT2D eigenvalue weighted by Crippen LogP contribution is 2.18. The molecule has 2 rings (SSSR count). The van der Waals surface area contributed by atoms with Crippen LogP contribution in [0, 0.1) is 0 Å². The molecule has 15 heavy (non-hydrogen) atoms. The van der Waals surface area contributed by atoms with Crippen molar-refractivity contribution in [2.24, 2.45) is 0 Å². The van der Waals surface area contributed by atoms with E-state index in [1.54, 1.807) is 0 Å². The number of rotatable bonds is 3. The zero-order chi connectivity index (χ0) is 10.5. The van der Waals surface area contributed by atoms with Crippen LogP contribution in [-0.2, 0) is 4.74 Å². The van der Waals surface area contributed by atoms with Gasteiger partial charge in [0.25, 0.3) is 0 Å². The minimum Gasteiger partial charge on any atom is -0.376 e. The van der Waals surface area contributed by atoms with E-state index in [1.165, 1.54) is 31.8 Å². The van der Waals surface area contributed by atoms with Gasteiger partial charge >= 0.3 is 0 Å². The van der Waals surface area contributed by atoms with Crippen LogP contribution in [0.15, 0.2) is 0 Å². The van der Waals surface area contributed by atoms with Crippen LogP contribution in [0.3, 0.4) is 0 Å². The molecule has 1 N–H and O–H groups in total. The molecule has 3 nitrogen and oxygen atoms in total. The SMILES string of the molecule is CC1CN(CCC2CNCCO2)CCS1. The van der Waals surface area contributed by atoms with Crippen LogP contribution < -0.4 is 5.32 Å². The third-order valence-electron chi connectivity index (χ3n) is 3.10. The van der Waals surface area contributed by atoms with Gasteiger partial charge < -0.3 is 15.0 Å². The first-order chi connectivity index (χ1) is 7.34. The monoisotopic (exact) mass is 230 g/mol. The number of nitrogens with one attached hydrogen (secondary N) is 1. The average molecular weight is 230 g/mol. The van der Waals surface area contributed by atoms with Gasteiger partial charge in [-0.25, -0.2) is 0 Å². The van der Waals surface area contributed by atoms with Crippen molar-refractivity contribution in [3.8, 4) is 0 Å². The second-order valence-electron chi connectivity index (χ2n) is 4.47. The van der Waals surface area contributed by atoms with Crippen molar-refractivity contribution in [1.29, 1.82) is 0 Å². The molecule has 0 amide bonds. The maximum atomic E-state index is 5.70. The Morgan fingerprint density at radius 1 is 1.53 bits per heavy atom. The zero-order valence-electron chi connectivity index (χ0n) is 9.58. The molecule has 0 aliphatic carbocycles. The van der Waals surface area contributed by atoms with Crippen molar-refractivity contribution in [3.63, 3.8) is 0 Å². The summed E-state index contributed by atoms with van der Waals surface area (Å²) < 4.78 is 5.70. The van der Waals surface area contributed by atoms with Crippen LogP contribution in [0.25, 0.3) is 0 Å². The first kappa shape index (κ1) is 11.7. The van der Waals surface area contributed by atoms with E-state index in [0.717, 1.165) is 24.9 Å². The molecule has 0 bridgehead atoms. The Labute approximate surface area is 96.9 Å². The minimum atomic E-state index is 0.448. The molecular weight excluding hydrogens is 208 g/mol. The van der Waals surface area contributed by atoms with Crippen LogP contribution >= 0.6 is 11.8 Å². The first-order valence-electron chi connectivity index (χ1n) is 6.01. The molecule has 2 atom stereocenters. The molecule has 0 aromatic rings. The van der Waals surface area contributed by atoms with E-state index in [-0.39, 0.29) is 0 Å². The van der Waals surface area contributed by atoms with Crippen molar-refractivity contribution in [1.82, 2.24) is 10.2 Å². The lowest BCUT2D eigenvalue weighted by atomic mass is 10.2. The summed E-state index contributed by atoms with van der Waals surface area (Å²) in [6.07, 6.45) is 1.63. The molecule has 0 aromatic heterocycles. The highest BCUT2D eigenvalue weighted by Gasteiger charge is 2.19. The van der Waals surface area contributed by atoms with Gasteiger partial charge in [-0.1, -0.05) is 6.92 Å². The second-order valence-corrected chi connectivity index (χ2v) is 6.01. The summed E-state index contributed by atoms with van der Waals surface area (Å²) in [7, 11) is 0. The maximum absolute atomic E-state index is 5.70. The summed E-state index contributed by atoms with van der Waals surface area (Å²) in [5, 5.41) is 4.19. The smallest absolute Gasteiger partial charge is 0.0712 e. The average Bonchev–Trinajstić information content (AvgIpc) is 2.28. The molecule has 0 spiro atoms. The zero-order valence-corrected chi connectivity index (χ0v) is 10.4. The van der Waals surface area contributed by atoms with E-state index in [4.69, 9.17) is 4.74 Å². The van der Waals surface area contributed by atoms with Crippen molar-refractivity contribution < 1.29 is 4.74 Å². The Morgan fingerprint density at radius 3 is 3.20 bits per heavy atom. The predicted octanol–water partition coefficient (Wildman–Crippen LogP) is 0.802. The lowest BCUT2D eigenvalue weighted by Gasteiger charge is -2.32. The maximum Gasteiger partial charge on any atom is 0.0712 e. The summed E-state index contributed by atoms with van der Waals surface area (Å²) in [6.45, 7) is 9.00. The molecule has 0 radical (unpaired) electrons. The van der Waals surface area contributed by atoms with Crippen molar-refractivity contribution >= 4 is 11.8 Å². The standard InChI is InChI=1S/C11H22N2OS/c1-10-9-13(5-7-15-10)4-2-11-8-12-3-6-14-11/h10-12H,2-9H2,1H3. The van der Waals surface area contributed by atoms with Gasteiger partial charge in [0.05, 0.1) is 12.7 Å². The quantitative estimate of drug-likeness (QED) is 0.775. The van der Waals surface area contributed by atoms with Crippen molar-refractivity contribution in [2.75, 3.05) is 45.1 Å². The Hall–Kier alpha value is 0.230. The molecule has 0 saturated carbocycles. The summed E-state index contributed by atoms with van der Waals surface area (Å²) in [5.41, 5.74) is 0. The molecule has 88 valence electrons. The highest BCUT2D eigenvalue weighted by molar-refractivity contribution is 7.99. The van der Waals surface area contributed by atoms with E-state index in [0.29, 0.717) is 6.10 Å². The summed E-state index contributed by atoms with van der Waals surface area (Å²) in [6, 6.07) is 0. The fraction of sp³-hybridized carbons (Fsp3) is 1.00. The minimum absolute atomic E-state index is 0.448. The lowest BCUT2D eigenvalue weighted by Crippen LogP contribution is -2.42. The van der Waals surface area contributed by atoms with Crippen LogP contribution in [0.5, 0.6) is 0 Å². The van der Waals surface area contributed by atoms with E-state index >= 15 is 0 Å². The molecule has 2 aliphatic heterocycles. The van der Waals surface area contributed by atoms with Gasteiger partial charge in [-0.2, -0.15) is 11.8 Å². The third kappa shape index (κ3) is 3.94. The van der Waals surface area contributed by atoms with Crippen LogP contribution in [0.4, 0.5) is 0 Å². The second kappa shape index (κ2) is 6.09. The molecular formula is C11H22N2OS. The highest BCUT2D eigenvalue weighted by atomic mass is 32.2. The van der Waals surface area contributed by atoms with Gasteiger partial charge in [0, 0.05) is 43.7 Å². The number of ether oxygens (including phenoxy) is 1. The first-order valence-corrected chi connectivity index (χ1v) is 7.06. The fourth-order valence-electron chi connectivity index (χ4n) is 2.23. The van der Waals surface area contributed by atoms with Gasteiger partial charge in [-0.3, -0.25) is 0 Å². The summed E-state index contributed by atoms with van der Waals surface area (Å²) >= 11 is 2.10. The molecule has 2 unspecified atom stereocenters. The number of hydrogen-bond acceptors (Lipinski definition) is 4. The van der Waals surface area contributed by atoms with Crippen LogP contribution in [0.2, 0.25) is 0 Å². The molecule has 2 aliphatic rings. The van der Waals surface area contributed by atoms with Gasteiger partial charge in [0.1, 0.15) is 0 Å². The molecule has 0 aromatic carbocycles. The summed E-state index contributed by atoms with van der Waals surface area (Å²) in [5.74, 6) is 1.30. The van der Waals surface area contributed by atoms with Crippen LogP contribution in [-0.4, -0.2) is 61.3 Å². The van der Waals surface area contributed by atoms with E-state index in [2.05, 4.69) is 28.9 Å². The van der Waals surface area contributed by atoms with Gasteiger partial charge in [0.15, 0.2) is 0 Å². The Kier molecular flexibility index (Phi) is 4.75. The number of hydrogen-bond donors (Lipinski definition) is 1. The molecule has 4 heteroatoms. The summed E-state index contributed by atoms with van der Waals surface area (Å²) in [4.78, 5) is 2.58. The van der Waals surface area contributed by atoms with Gasteiger partial charge in [0.2, 0.25) is 0 Å². The third-order valence-corrected chi connectivity index (χ3v) is 4.23. The molecule has 2 fully saturated rings. The van der Waals surface area contributed by atoms with E-state index < -0.39 is 0 Å². The van der Waals surface area contributed by atoms with Gasteiger partial charge in [-0.15, -0.1) is 0 Å². The Balaban J connectivity index is 1.63. The topological polar surface area (TPSA) is 24.5 Å². The largest absolute Gasteiger partial charge is 0.376 e. The van der Waals surface area contributed by atoms with Crippen molar-refractivity contribution in [3.05, 3.63) is 0 Å². The number of nitrogens with zero attached hydrogens (tertiary/aromatic N) is 1. The normalized spacial score (nSPS) is 34.2. The molecule has 2 saturated heterocycles. The Bertz CT molecular complexity index is 185. The Morgan fingerprint density at radius 2 is 2.47 bits per heavy atom. The van der Waals surface area contributed by atoms with E-state index in [1.807, 2.05) is 0 Å². The number of morpholine rings is 1. The lowest BCUT2D eigenvalue weighted by molar-refractivity contribution is 0.0176. The van der Waals surface area contributed by atoms with Crippen LogP contribution in [0.1, 0.15) is 13.3 Å².